The van der Waals surface area contributed by atoms with Crippen LogP contribution in [0.4, 0.5) is 0 Å². The molecule has 0 radical (unpaired) electrons. The molecule has 0 fully saturated rings. The second-order valence-electron chi connectivity index (χ2n) is 6.89. The second kappa shape index (κ2) is 6.93. The van der Waals surface area contributed by atoms with Crippen LogP contribution in [-0.4, -0.2) is 6.54 Å². The van der Waals surface area contributed by atoms with E-state index in [0.29, 0.717) is 0 Å². The molecule has 116 valence electrons. The Bertz CT molecular complexity index is 589. The van der Waals surface area contributed by atoms with Crippen molar-refractivity contribution in [2.24, 2.45) is 0 Å². The van der Waals surface area contributed by atoms with Gasteiger partial charge in [-0.15, -0.1) is 11.3 Å². The van der Waals surface area contributed by atoms with Crippen molar-refractivity contribution in [1.82, 2.24) is 5.32 Å². The molecule has 0 amide bonds. The summed E-state index contributed by atoms with van der Waals surface area (Å²) in [4.78, 5) is 1.53. The van der Waals surface area contributed by atoms with Crippen LogP contribution in [0.1, 0.15) is 63.5 Å². The molecule has 0 bridgehead atoms. The topological polar surface area (TPSA) is 12.0 Å². The number of fused-ring (bicyclic) bond motifs is 1. The van der Waals surface area contributed by atoms with Crippen LogP contribution < -0.4 is 5.32 Å². The van der Waals surface area contributed by atoms with E-state index >= 15 is 0 Å². The maximum Gasteiger partial charge on any atom is 0.0349 e. The van der Waals surface area contributed by atoms with Gasteiger partial charge >= 0.3 is 0 Å². The highest BCUT2D eigenvalue weighted by molar-refractivity contribution is 7.19. The molecule has 2 aromatic rings. The van der Waals surface area contributed by atoms with Gasteiger partial charge in [0.25, 0.3) is 0 Å². The minimum absolute atomic E-state index is 0.222. The lowest BCUT2D eigenvalue weighted by Crippen LogP contribution is -2.13. The summed E-state index contributed by atoms with van der Waals surface area (Å²) in [7, 11) is 0. The Morgan fingerprint density at radius 2 is 1.86 bits per heavy atom. The number of aryl methyl sites for hydroxylation is 1. The fourth-order valence-corrected chi connectivity index (χ4v) is 3.91. The molecule has 0 saturated carbocycles. The van der Waals surface area contributed by atoms with Crippen molar-refractivity contribution in [3.8, 4) is 0 Å². The molecule has 0 spiro atoms. The summed E-state index contributed by atoms with van der Waals surface area (Å²) in [5.41, 5.74) is 3.24. The van der Waals surface area contributed by atoms with E-state index in [4.69, 9.17) is 0 Å². The Hall–Kier alpha value is -0.860. The summed E-state index contributed by atoms with van der Waals surface area (Å²) < 4.78 is 1.44. The van der Waals surface area contributed by atoms with Crippen molar-refractivity contribution < 1.29 is 0 Å². The molecule has 1 aromatic carbocycles. The van der Waals surface area contributed by atoms with Crippen LogP contribution in [0, 0.1) is 0 Å². The van der Waals surface area contributed by atoms with Crippen molar-refractivity contribution in [2.75, 3.05) is 6.54 Å². The lowest BCUT2D eigenvalue weighted by atomic mass is 9.86. The van der Waals surface area contributed by atoms with Crippen molar-refractivity contribution in [1.29, 1.82) is 0 Å². The fraction of sp³-hybridized carbons (Fsp3) is 0.579. The predicted octanol–water partition coefficient (Wildman–Crippen LogP) is 5.65. The largest absolute Gasteiger partial charge is 0.312 e. The first-order valence-electron chi connectivity index (χ1n) is 8.22. The van der Waals surface area contributed by atoms with Crippen LogP contribution in [-0.2, 0) is 18.4 Å². The molecule has 2 heteroatoms. The SMILES string of the molecule is CCCNCc1sc2ccc(C(C)(C)C)cc2c1CCC. The van der Waals surface area contributed by atoms with E-state index in [0.717, 1.165) is 13.1 Å². The van der Waals surface area contributed by atoms with Crippen LogP contribution in [0.25, 0.3) is 10.1 Å². The Morgan fingerprint density at radius 1 is 1.10 bits per heavy atom. The van der Waals surface area contributed by atoms with Gasteiger partial charge in [0.2, 0.25) is 0 Å². The third-order valence-electron chi connectivity index (χ3n) is 3.95. The average molecular weight is 304 g/mol. The van der Waals surface area contributed by atoms with Gasteiger partial charge in [0, 0.05) is 16.1 Å². The molecule has 0 unspecified atom stereocenters. The van der Waals surface area contributed by atoms with E-state index in [2.05, 4.69) is 58.1 Å². The molecular formula is C19H29NS. The van der Waals surface area contributed by atoms with Gasteiger partial charge in [-0.1, -0.05) is 47.1 Å². The van der Waals surface area contributed by atoms with Crippen LogP contribution in [0.3, 0.4) is 0 Å². The van der Waals surface area contributed by atoms with Crippen molar-refractivity contribution in [2.45, 2.75) is 65.8 Å². The Kier molecular flexibility index (Phi) is 5.45. The van der Waals surface area contributed by atoms with Crippen LogP contribution >= 0.6 is 11.3 Å². The van der Waals surface area contributed by atoms with Crippen LogP contribution in [0.2, 0.25) is 0 Å². The molecule has 1 heterocycles. The zero-order valence-electron chi connectivity index (χ0n) is 14.2. The summed E-state index contributed by atoms with van der Waals surface area (Å²) >= 11 is 1.97. The molecule has 0 aliphatic carbocycles. The van der Waals surface area contributed by atoms with Crippen molar-refractivity contribution in [3.05, 3.63) is 34.2 Å². The maximum absolute atomic E-state index is 3.57. The lowest BCUT2D eigenvalue weighted by Gasteiger charge is -2.19. The van der Waals surface area contributed by atoms with Crippen LogP contribution in [0.15, 0.2) is 18.2 Å². The zero-order chi connectivity index (χ0) is 15.5. The molecule has 1 aromatic heterocycles. The first-order valence-corrected chi connectivity index (χ1v) is 9.04. The standard InChI is InChI=1S/C19H29NS/c1-6-8-15-16-12-14(19(3,4)5)9-10-17(16)21-18(15)13-20-11-7-2/h9-10,12,20H,6-8,11,13H2,1-5H3. The van der Waals surface area contributed by atoms with E-state index in [-0.39, 0.29) is 5.41 Å². The van der Waals surface area contributed by atoms with E-state index < -0.39 is 0 Å². The van der Waals surface area contributed by atoms with Gasteiger partial charge in [-0.3, -0.25) is 0 Å². The molecule has 0 atom stereocenters. The van der Waals surface area contributed by atoms with Crippen LogP contribution in [0.5, 0.6) is 0 Å². The minimum Gasteiger partial charge on any atom is -0.312 e. The molecule has 1 nitrogen and oxygen atoms in total. The Balaban J connectivity index is 2.43. The quantitative estimate of drug-likeness (QED) is 0.680. The Morgan fingerprint density at radius 3 is 2.48 bits per heavy atom. The lowest BCUT2D eigenvalue weighted by molar-refractivity contribution is 0.591. The first-order chi connectivity index (χ1) is 9.97. The monoisotopic (exact) mass is 303 g/mol. The van der Waals surface area contributed by atoms with Gasteiger partial charge in [-0.2, -0.15) is 0 Å². The number of hydrogen-bond acceptors (Lipinski definition) is 2. The average Bonchev–Trinajstić information content (AvgIpc) is 2.76. The third-order valence-corrected chi connectivity index (χ3v) is 5.17. The number of benzene rings is 1. The molecule has 0 aliphatic heterocycles. The number of thiophene rings is 1. The molecule has 21 heavy (non-hydrogen) atoms. The highest BCUT2D eigenvalue weighted by Gasteiger charge is 2.17. The summed E-state index contributed by atoms with van der Waals surface area (Å²) in [6.45, 7) is 13.5. The van der Waals surface area contributed by atoms with Gasteiger partial charge < -0.3 is 5.32 Å². The van der Waals surface area contributed by atoms with Gasteiger partial charge in [-0.25, -0.2) is 0 Å². The van der Waals surface area contributed by atoms with Crippen molar-refractivity contribution in [3.63, 3.8) is 0 Å². The minimum atomic E-state index is 0.222. The molecule has 0 saturated heterocycles. The molecule has 2 rings (SSSR count). The smallest absolute Gasteiger partial charge is 0.0349 e. The third kappa shape index (κ3) is 3.87. The van der Waals surface area contributed by atoms with Gasteiger partial charge in [0.15, 0.2) is 0 Å². The van der Waals surface area contributed by atoms with E-state index in [1.54, 1.807) is 5.56 Å². The molecular weight excluding hydrogens is 274 g/mol. The number of rotatable bonds is 6. The summed E-state index contributed by atoms with van der Waals surface area (Å²) in [5, 5.41) is 5.05. The Labute approximate surface area is 133 Å². The van der Waals surface area contributed by atoms with Gasteiger partial charge in [0.05, 0.1) is 0 Å². The zero-order valence-corrected chi connectivity index (χ0v) is 15.0. The highest BCUT2D eigenvalue weighted by Crippen LogP contribution is 2.35. The number of hydrogen-bond donors (Lipinski definition) is 1. The van der Waals surface area contributed by atoms with Gasteiger partial charge in [-0.05, 0) is 53.4 Å². The molecule has 1 N–H and O–H groups in total. The van der Waals surface area contributed by atoms with E-state index in [1.807, 2.05) is 11.3 Å². The summed E-state index contributed by atoms with van der Waals surface area (Å²) in [6.07, 6.45) is 3.60. The van der Waals surface area contributed by atoms with E-state index in [1.165, 1.54) is 39.8 Å². The van der Waals surface area contributed by atoms with E-state index in [9.17, 15) is 0 Å². The first kappa shape index (κ1) is 16.5. The normalized spacial score (nSPS) is 12.2. The molecule has 0 aliphatic rings. The second-order valence-corrected chi connectivity index (χ2v) is 8.03. The maximum atomic E-state index is 3.57. The predicted molar refractivity (Wildman–Crippen MR) is 96.5 cm³/mol. The fourth-order valence-electron chi connectivity index (χ4n) is 2.71. The highest BCUT2D eigenvalue weighted by atomic mass is 32.1. The summed E-state index contributed by atoms with van der Waals surface area (Å²) in [6, 6.07) is 7.06. The van der Waals surface area contributed by atoms with Gasteiger partial charge in [0.1, 0.15) is 0 Å². The van der Waals surface area contributed by atoms with Crippen molar-refractivity contribution >= 4 is 21.4 Å². The number of nitrogens with one attached hydrogen (secondary N) is 1. The summed E-state index contributed by atoms with van der Waals surface area (Å²) in [5.74, 6) is 0.